The zero-order valence-corrected chi connectivity index (χ0v) is 18.9. The monoisotopic (exact) mass is 486 g/mol. The largest absolute Gasteiger partial charge is 0.351 e. The summed E-state index contributed by atoms with van der Waals surface area (Å²) in [6.45, 7) is 1.39. The second-order valence-corrected chi connectivity index (χ2v) is 8.46. The lowest BCUT2D eigenvalue weighted by molar-refractivity contribution is -0.131. The van der Waals surface area contributed by atoms with E-state index in [1.54, 1.807) is 41.3 Å². The maximum atomic E-state index is 13.7. The summed E-state index contributed by atoms with van der Waals surface area (Å²) in [5.41, 5.74) is 2.03. The highest BCUT2D eigenvalue weighted by Gasteiger charge is 2.37. The van der Waals surface area contributed by atoms with E-state index >= 15 is 0 Å². The molecule has 1 saturated heterocycles. The average Bonchev–Trinajstić information content (AvgIpc) is 3.44. The smallest absolute Gasteiger partial charge is 0.262 e. The van der Waals surface area contributed by atoms with Crippen LogP contribution >= 0.6 is 0 Å². The van der Waals surface area contributed by atoms with Gasteiger partial charge in [-0.05, 0) is 30.3 Å². The number of amides is 3. The van der Waals surface area contributed by atoms with Gasteiger partial charge in [0.2, 0.25) is 5.91 Å². The lowest BCUT2D eigenvalue weighted by Crippen LogP contribution is -2.52. The fourth-order valence-electron chi connectivity index (χ4n) is 4.54. The third-order valence-corrected chi connectivity index (χ3v) is 6.37. The maximum absolute atomic E-state index is 13.7. The van der Waals surface area contributed by atoms with Crippen molar-refractivity contribution in [2.24, 2.45) is 0 Å². The first-order valence-electron chi connectivity index (χ1n) is 11.3. The molecule has 0 spiro atoms. The second kappa shape index (κ2) is 8.48. The Bertz CT molecular complexity index is 1490. The van der Waals surface area contributed by atoms with Crippen molar-refractivity contribution in [3.8, 4) is 5.69 Å². The topological polar surface area (TPSA) is 117 Å². The van der Waals surface area contributed by atoms with E-state index in [9.17, 15) is 18.8 Å². The molecule has 2 aliphatic heterocycles. The van der Waals surface area contributed by atoms with Crippen LogP contribution < -0.4 is 4.90 Å². The molecule has 180 valence electrons. The van der Waals surface area contributed by atoms with Gasteiger partial charge >= 0.3 is 0 Å². The molecule has 2 aliphatic rings. The predicted molar refractivity (Wildman–Crippen MR) is 125 cm³/mol. The first kappa shape index (κ1) is 21.8. The van der Waals surface area contributed by atoms with Crippen molar-refractivity contribution in [2.45, 2.75) is 0 Å². The summed E-state index contributed by atoms with van der Waals surface area (Å²) >= 11 is 0. The third kappa shape index (κ3) is 3.54. The van der Waals surface area contributed by atoms with Crippen molar-refractivity contribution in [1.29, 1.82) is 0 Å². The van der Waals surface area contributed by atoms with Crippen molar-refractivity contribution < 1.29 is 18.8 Å². The van der Waals surface area contributed by atoms with Gasteiger partial charge in [0.05, 0.1) is 16.8 Å². The zero-order chi connectivity index (χ0) is 24.8. The van der Waals surface area contributed by atoms with E-state index < -0.39 is 17.6 Å². The number of rotatable bonds is 4. The van der Waals surface area contributed by atoms with Gasteiger partial charge in [0.15, 0.2) is 17.0 Å². The number of halogens is 1. The van der Waals surface area contributed by atoms with E-state index in [0.717, 1.165) is 4.90 Å². The normalized spacial score (nSPS) is 15.6. The molecule has 0 bridgehead atoms. The van der Waals surface area contributed by atoms with E-state index in [0.29, 0.717) is 60.0 Å². The predicted octanol–water partition coefficient (Wildman–Crippen LogP) is 1.29. The van der Waals surface area contributed by atoms with Crippen molar-refractivity contribution in [2.75, 3.05) is 37.6 Å². The van der Waals surface area contributed by atoms with E-state index in [1.807, 2.05) is 4.90 Å². The van der Waals surface area contributed by atoms with E-state index in [1.165, 1.54) is 23.1 Å². The Hall–Kier alpha value is -4.74. The Labute approximate surface area is 203 Å². The minimum Gasteiger partial charge on any atom is -0.351 e. The van der Waals surface area contributed by atoms with Gasteiger partial charge in [0.25, 0.3) is 11.8 Å². The van der Waals surface area contributed by atoms with Gasteiger partial charge in [-0.1, -0.05) is 23.4 Å². The molecule has 0 radical (unpaired) electrons. The first-order chi connectivity index (χ1) is 17.5. The Morgan fingerprint density at radius 2 is 1.64 bits per heavy atom. The molecular formula is C24H19FN8O3. The van der Waals surface area contributed by atoms with Crippen LogP contribution in [0, 0.1) is 5.82 Å². The van der Waals surface area contributed by atoms with Crippen molar-refractivity contribution in [3.63, 3.8) is 0 Å². The number of carbonyl (C=O) groups is 3. The number of carbonyl (C=O) groups excluding carboxylic acids is 3. The molecule has 0 aliphatic carbocycles. The van der Waals surface area contributed by atoms with E-state index in [-0.39, 0.29) is 12.5 Å². The molecular weight excluding hydrogens is 467 g/mol. The van der Waals surface area contributed by atoms with Crippen molar-refractivity contribution >= 4 is 34.7 Å². The molecule has 1 fully saturated rings. The molecule has 6 rings (SSSR count). The highest BCUT2D eigenvalue weighted by atomic mass is 19.1. The molecule has 11 nitrogen and oxygen atoms in total. The van der Waals surface area contributed by atoms with Crippen LogP contribution in [0.2, 0.25) is 0 Å². The maximum Gasteiger partial charge on any atom is 0.262 e. The van der Waals surface area contributed by atoms with Crippen molar-refractivity contribution in [3.05, 3.63) is 71.8 Å². The second-order valence-electron chi connectivity index (χ2n) is 8.46. The number of imide groups is 1. The summed E-state index contributed by atoms with van der Waals surface area (Å²) in [5.74, 6) is -1.03. The summed E-state index contributed by atoms with van der Waals surface area (Å²) in [5, 5.41) is 8.35. The molecule has 0 saturated carbocycles. The molecule has 4 heterocycles. The minimum atomic E-state index is -0.452. The van der Waals surface area contributed by atoms with Gasteiger partial charge in [-0.2, -0.15) is 4.68 Å². The van der Waals surface area contributed by atoms with Crippen LogP contribution in [0.4, 0.5) is 10.2 Å². The van der Waals surface area contributed by atoms with Crippen LogP contribution in [0.25, 0.3) is 16.9 Å². The van der Waals surface area contributed by atoms with Gasteiger partial charge in [-0.3, -0.25) is 19.3 Å². The van der Waals surface area contributed by atoms with Crippen LogP contribution in [0.3, 0.4) is 0 Å². The number of hydrogen-bond donors (Lipinski definition) is 0. The molecule has 3 amide bonds. The number of aromatic nitrogens is 5. The quantitative estimate of drug-likeness (QED) is 0.396. The Morgan fingerprint density at radius 3 is 2.33 bits per heavy atom. The van der Waals surface area contributed by atoms with Gasteiger partial charge in [0.1, 0.15) is 18.7 Å². The number of anilines is 1. The molecule has 12 heteroatoms. The first-order valence-corrected chi connectivity index (χ1v) is 11.3. The number of fused-ring (bicyclic) bond motifs is 2. The molecule has 0 unspecified atom stereocenters. The third-order valence-electron chi connectivity index (χ3n) is 6.37. The van der Waals surface area contributed by atoms with Gasteiger partial charge in [0, 0.05) is 26.2 Å². The van der Waals surface area contributed by atoms with Crippen LogP contribution in [-0.4, -0.2) is 85.2 Å². The SMILES string of the molecule is O=C(CN1C(=O)c2ccccc2C1=O)N1CCN(c2ncnc3c2nnn3-c2cccc(F)c2)CC1. The summed E-state index contributed by atoms with van der Waals surface area (Å²) in [4.78, 5) is 51.3. The van der Waals surface area contributed by atoms with Crippen LogP contribution in [0.15, 0.2) is 54.9 Å². The summed E-state index contributed by atoms with van der Waals surface area (Å²) in [7, 11) is 0. The Kier molecular flexibility index (Phi) is 5.13. The lowest BCUT2D eigenvalue weighted by atomic mass is 10.1. The molecule has 2 aromatic carbocycles. The average molecular weight is 486 g/mol. The van der Waals surface area contributed by atoms with Crippen molar-refractivity contribution in [1.82, 2.24) is 34.8 Å². The summed E-state index contributed by atoms with van der Waals surface area (Å²) in [6.07, 6.45) is 1.40. The molecule has 0 N–H and O–H groups in total. The Balaban J connectivity index is 1.15. The highest BCUT2D eigenvalue weighted by molar-refractivity contribution is 6.22. The number of nitrogens with zero attached hydrogens (tertiary/aromatic N) is 8. The standard InChI is InChI=1S/C24H19FN8O3/c25-15-4-3-5-16(12-15)33-22-20(28-29-33)21(26-14-27-22)31-10-8-30(9-11-31)19(34)13-32-23(35)17-6-1-2-7-18(17)24(32)36/h1-7,12,14H,8-11,13H2. The minimum absolute atomic E-state index is 0.297. The van der Waals surface area contributed by atoms with E-state index in [2.05, 4.69) is 20.3 Å². The van der Waals surface area contributed by atoms with Crippen LogP contribution in [-0.2, 0) is 4.79 Å². The fourth-order valence-corrected chi connectivity index (χ4v) is 4.54. The summed E-state index contributed by atoms with van der Waals surface area (Å²) < 4.78 is 15.1. The molecule has 36 heavy (non-hydrogen) atoms. The zero-order valence-electron chi connectivity index (χ0n) is 18.9. The van der Waals surface area contributed by atoms with Crippen LogP contribution in [0.1, 0.15) is 20.7 Å². The van der Waals surface area contributed by atoms with Gasteiger partial charge < -0.3 is 9.80 Å². The molecule has 0 atom stereocenters. The van der Waals surface area contributed by atoms with E-state index in [4.69, 9.17) is 0 Å². The lowest BCUT2D eigenvalue weighted by Gasteiger charge is -2.35. The van der Waals surface area contributed by atoms with Crippen LogP contribution in [0.5, 0.6) is 0 Å². The number of benzene rings is 2. The fraction of sp³-hybridized carbons (Fsp3) is 0.208. The van der Waals surface area contributed by atoms with Gasteiger partial charge in [-0.25, -0.2) is 14.4 Å². The Morgan fingerprint density at radius 1 is 0.917 bits per heavy atom. The number of piperazine rings is 1. The molecule has 4 aromatic rings. The van der Waals surface area contributed by atoms with Gasteiger partial charge in [-0.15, -0.1) is 5.10 Å². The highest BCUT2D eigenvalue weighted by Crippen LogP contribution is 2.25. The number of hydrogen-bond acceptors (Lipinski definition) is 8. The molecule has 2 aromatic heterocycles. The summed E-state index contributed by atoms with van der Waals surface area (Å²) in [6, 6.07) is 12.5.